The van der Waals surface area contributed by atoms with Crippen molar-refractivity contribution < 1.29 is 0 Å². The Hall–Kier alpha value is -1.01. The first-order valence-corrected chi connectivity index (χ1v) is 6.37. The molecule has 0 aliphatic heterocycles. The van der Waals surface area contributed by atoms with Crippen molar-refractivity contribution >= 4 is 28.1 Å². The van der Waals surface area contributed by atoms with Crippen LogP contribution in [-0.2, 0) is 12.5 Å². The summed E-state index contributed by atoms with van der Waals surface area (Å²) in [6, 6.07) is 3.99. The topological polar surface area (TPSA) is 46.5 Å². The number of nitrogens with zero attached hydrogens (tertiary/aromatic N) is 3. The molecule has 4 nitrogen and oxygen atoms in total. The summed E-state index contributed by atoms with van der Waals surface area (Å²) in [5.41, 5.74) is 0.907. The molecule has 0 fully saturated rings. The number of rotatable bonds is 2. The van der Waals surface area contributed by atoms with Gasteiger partial charge in [0.25, 0.3) is 0 Å². The van der Waals surface area contributed by atoms with Crippen LogP contribution in [0, 0.1) is 4.77 Å². The summed E-state index contributed by atoms with van der Waals surface area (Å²) in [7, 11) is 1.92. The lowest BCUT2D eigenvalue weighted by Gasteiger charge is -2.24. The van der Waals surface area contributed by atoms with Gasteiger partial charge < -0.3 is 4.57 Å². The molecule has 0 aliphatic rings. The zero-order valence-electron chi connectivity index (χ0n) is 9.86. The van der Waals surface area contributed by atoms with E-state index in [1.807, 2.05) is 23.7 Å². The molecule has 0 saturated carbocycles. The first kappa shape index (κ1) is 12.4. The van der Waals surface area contributed by atoms with Crippen molar-refractivity contribution in [3.63, 3.8) is 0 Å². The minimum atomic E-state index is -0.228. The van der Waals surface area contributed by atoms with E-state index in [4.69, 9.17) is 12.2 Å². The Morgan fingerprint density at radius 2 is 2.18 bits per heavy atom. The normalized spacial score (nSPS) is 11.8. The number of nitrogens with one attached hydrogen (secondary N) is 1. The molecule has 17 heavy (non-hydrogen) atoms. The number of pyridine rings is 1. The summed E-state index contributed by atoms with van der Waals surface area (Å²) < 4.78 is 3.34. The van der Waals surface area contributed by atoms with Crippen molar-refractivity contribution in [2.24, 2.45) is 7.05 Å². The molecular weight excluding hydrogens is 300 g/mol. The number of H-pyrrole nitrogens is 1. The van der Waals surface area contributed by atoms with Gasteiger partial charge in [0.2, 0.25) is 0 Å². The predicted octanol–water partition coefficient (Wildman–Crippen LogP) is 2.96. The maximum absolute atomic E-state index is 5.14. The number of hydrogen-bond acceptors (Lipinski definition) is 3. The molecule has 0 radical (unpaired) electrons. The van der Waals surface area contributed by atoms with E-state index in [0.29, 0.717) is 4.77 Å². The molecule has 1 N–H and O–H groups in total. The van der Waals surface area contributed by atoms with Gasteiger partial charge >= 0.3 is 0 Å². The third kappa shape index (κ3) is 2.19. The zero-order valence-corrected chi connectivity index (χ0v) is 12.3. The summed E-state index contributed by atoms with van der Waals surface area (Å²) >= 11 is 8.53. The summed E-state index contributed by atoms with van der Waals surface area (Å²) in [5, 5.41) is 7.12. The lowest BCUT2D eigenvalue weighted by atomic mass is 9.84. The highest BCUT2D eigenvalue weighted by Gasteiger charge is 2.28. The quantitative estimate of drug-likeness (QED) is 0.685. The van der Waals surface area contributed by atoms with Crippen LogP contribution in [0.15, 0.2) is 22.9 Å². The van der Waals surface area contributed by atoms with Gasteiger partial charge in [-0.1, -0.05) is 0 Å². The van der Waals surface area contributed by atoms with E-state index < -0.39 is 0 Å². The maximum atomic E-state index is 5.14. The van der Waals surface area contributed by atoms with Gasteiger partial charge in [-0.25, -0.2) is 4.98 Å². The Kier molecular flexibility index (Phi) is 3.18. The summed E-state index contributed by atoms with van der Waals surface area (Å²) in [4.78, 5) is 4.14. The van der Waals surface area contributed by atoms with Gasteiger partial charge in [-0.05, 0) is 59.7 Å². The van der Waals surface area contributed by atoms with E-state index in [-0.39, 0.29) is 5.41 Å². The molecule has 0 amide bonds. The van der Waals surface area contributed by atoms with E-state index in [9.17, 15) is 0 Å². The van der Waals surface area contributed by atoms with Gasteiger partial charge in [0.05, 0.1) is 0 Å². The van der Waals surface area contributed by atoms with Gasteiger partial charge in [0.1, 0.15) is 10.4 Å². The Bertz CT molecular complexity index is 600. The van der Waals surface area contributed by atoms with Gasteiger partial charge in [0, 0.05) is 18.7 Å². The lowest BCUT2D eigenvalue weighted by molar-refractivity contribution is 0.558. The molecule has 0 spiro atoms. The van der Waals surface area contributed by atoms with Crippen molar-refractivity contribution in [1.29, 1.82) is 0 Å². The van der Waals surface area contributed by atoms with Crippen molar-refractivity contribution in [2.75, 3.05) is 0 Å². The Labute approximate surface area is 113 Å². The number of hydrogen-bond donors (Lipinski definition) is 1. The van der Waals surface area contributed by atoms with E-state index in [0.717, 1.165) is 16.0 Å². The van der Waals surface area contributed by atoms with Crippen LogP contribution in [0.1, 0.15) is 25.2 Å². The van der Waals surface area contributed by atoms with Crippen LogP contribution >= 0.6 is 28.1 Å². The Balaban J connectivity index is 2.57. The van der Waals surface area contributed by atoms with Crippen molar-refractivity contribution in [1.82, 2.24) is 19.7 Å². The second kappa shape index (κ2) is 4.34. The standard InChI is InChI=1S/C11H13BrN4S/c1-11(2,7-4-5-13-8(12)6-7)9-14-15-10(17)16(9)3/h4-6H,1-3H3,(H,15,17). The van der Waals surface area contributed by atoms with Crippen LogP contribution in [0.25, 0.3) is 0 Å². The van der Waals surface area contributed by atoms with Crippen molar-refractivity contribution in [3.8, 4) is 0 Å². The summed E-state index contributed by atoms with van der Waals surface area (Å²) in [5.74, 6) is 0.903. The molecule has 2 aromatic rings. The van der Waals surface area contributed by atoms with Gasteiger partial charge in [-0.2, -0.15) is 5.10 Å². The van der Waals surface area contributed by atoms with Crippen molar-refractivity contribution in [3.05, 3.63) is 39.1 Å². The van der Waals surface area contributed by atoms with E-state index in [1.165, 1.54) is 0 Å². The minimum Gasteiger partial charge on any atom is -0.307 e. The number of aromatic nitrogens is 4. The Morgan fingerprint density at radius 3 is 2.71 bits per heavy atom. The molecular formula is C11H13BrN4S. The minimum absolute atomic E-state index is 0.228. The molecule has 0 bridgehead atoms. The molecule has 0 aromatic carbocycles. The lowest BCUT2D eigenvalue weighted by Crippen LogP contribution is -2.23. The van der Waals surface area contributed by atoms with E-state index >= 15 is 0 Å². The highest BCUT2D eigenvalue weighted by atomic mass is 79.9. The molecule has 90 valence electrons. The van der Waals surface area contributed by atoms with Crippen LogP contribution < -0.4 is 0 Å². The third-order valence-corrected chi connectivity index (χ3v) is 3.69. The van der Waals surface area contributed by atoms with Crippen LogP contribution in [-0.4, -0.2) is 19.7 Å². The first-order valence-electron chi connectivity index (χ1n) is 5.17. The summed E-state index contributed by atoms with van der Waals surface area (Å²) in [6.45, 7) is 4.22. The average molecular weight is 313 g/mol. The molecule has 0 atom stereocenters. The predicted molar refractivity (Wildman–Crippen MR) is 72.5 cm³/mol. The monoisotopic (exact) mass is 312 g/mol. The molecule has 0 saturated heterocycles. The zero-order chi connectivity index (χ0) is 12.6. The van der Waals surface area contributed by atoms with E-state index in [2.05, 4.69) is 45.0 Å². The highest BCUT2D eigenvalue weighted by Crippen LogP contribution is 2.30. The molecule has 2 rings (SSSR count). The van der Waals surface area contributed by atoms with Crippen molar-refractivity contribution in [2.45, 2.75) is 19.3 Å². The van der Waals surface area contributed by atoms with Gasteiger partial charge in [-0.15, -0.1) is 0 Å². The van der Waals surface area contributed by atoms with Gasteiger partial charge in [-0.3, -0.25) is 5.10 Å². The fourth-order valence-corrected chi connectivity index (χ4v) is 2.32. The molecule has 2 heterocycles. The maximum Gasteiger partial charge on any atom is 0.194 e. The third-order valence-electron chi connectivity index (χ3n) is 2.89. The molecule has 2 aromatic heterocycles. The SMILES string of the molecule is Cn1c(C(C)(C)c2ccnc(Br)c2)n[nH]c1=S. The molecule has 0 aliphatic carbocycles. The van der Waals surface area contributed by atoms with Crippen LogP contribution in [0.5, 0.6) is 0 Å². The van der Waals surface area contributed by atoms with Crippen LogP contribution in [0.4, 0.5) is 0 Å². The number of aromatic amines is 1. The van der Waals surface area contributed by atoms with Crippen LogP contribution in [0.3, 0.4) is 0 Å². The van der Waals surface area contributed by atoms with Gasteiger partial charge in [0.15, 0.2) is 4.77 Å². The second-order valence-electron chi connectivity index (χ2n) is 4.40. The smallest absolute Gasteiger partial charge is 0.194 e. The highest BCUT2D eigenvalue weighted by molar-refractivity contribution is 9.10. The largest absolute Gasteiger partial charge is 0.307 e. The Morgan fingerprint density at radius 1 is 1.47 bits per heavy atom. The van der Waals surface area contributed by atoms with Crippen LogP contribution in [0.2, 0.25) is 0 Å². The fourth-order valence-electron chi connectivity index (χ4n) is 1.83. The number of halogens is 1. The van der Waals surface area contributed by atoms with E-state index in [1.54, 1.807) is 6.20 Å². The molecule has 0 unspecified atom stereocenters. The average Bonchev–Trinajstić information content (AvgIpc) is 2.60. The summed E-state index contributed by atoms with van der Waals surface area (Å²) in [6.07, 6.45) is 1.78. The fraction of sp³-hybridized carbons (Fsp3) is 0.364. The second-order valence-corrected chi connectivity index (χ2v) is 5.60. The first-order chi connectivity index (χ1) is 7.93. The molecule has 6 heteroatoms.